The number of benzene rings is 1. The van der Waals surface area contributed by atoms with Gasteiger partial charge in [0, 0.05) is 12.0 Å². The Hall–Kier alpha value is -1.44. The lowest BCUT2D eigenvalue weighted by Gasteiger charge is -1.98. The van der Waals surface area contributed by atoms with E-state index in [0.29, 0.717) is 0 Å². The molecule has 1 aromatic rings. The van der Waals surface area contributed by atoms with Crippen molar-refractivity contribution in [1.29, 1.82) is 5.53 Å². The molecule has 2 heteroatoms. The molecule has 0 unspecified atom stereocenters. The Morgan fingerprint density at radius 3 is 3.00 bits per heavy atom. The molecule has 1 N–H and O–H groups in total. The maximum absolute atomic E-state index is 6.89. The van der Waals surface area contributed by atoms with Gasteiger partial charge in [-0.15, -0.1) is 0 Å². The Balaban J connectivity index is 2.66. The molecule has 0 saturated carbocycles. The van der Waals surface area contributed by atoms with Gasteiger partial charge in [0.15, 0.2) is 0 Å². The Kier molecular flexibility index (Phi) is 1.32. The lowest BCUT2D eigenvalue weighted by atomic mass is 10.1. The van der Waals surface area contributed by atoms with Crippen molar-refractivity contribution in [2.75, 3.05) is 0 Å². The van der Waals surface area contributed by atoms with Gasteiger partial charge in [0.1, 0.15) is 0 Å². The van der Waals surface area contributed by atoms with Crippen molar-refractivity contribution in [3.8, 4) is 0 Å². The molecule has 0 fully saturated rings. The van der Waals surface area contributed by atoms with Gasteiger partial charge in [0.05, 0.1) is 5.69 Å². The maximum atomic E-state index is 6.89. The topological polar surface area (TPSA) is 36.2 Å². The van der Waals surface area contributed by atoms with Crippen LogP contribution in [-0.4, -0.2) is 0 Å². The second-order valence-corrected chi connectivity index (χ2v) is 2.42. The molecule has 0 aliphatic heterocycles. The molecule has 11 heavy (non-hydrogen) atoms. The van der Waals surface area contributed by atoms with Crippen LogP contribution >= 0.6 is 0 Å². The molecule has 0 spiro atoms. The summed E-state index contributed by atoms with van der Waals surface area (Å²) in [4.78, 5) is 0. The van der Waals surface area contributed by atoms with Crippen LogP contribution in [0, 0.1) is 12.0 Å². The predicted molar refractivity (Wildman–Crippen MR) is 43.7 cm³/mol. The van der Waals surface area contributed by atoms with E-state index >= 15 is 0 Å². The Bertz CT molecular complexity index is 326. The van der Waals surface area contributed by atoms with E-state index in [9.17, 15) is 0 Å². The molecule has 1 aliphatic rings. The van der Waals surface area contributed by atoms with Crippen LogP contribution in [0.2, 0.25) is 0 Å². The van der Waals surface area contributed by atoms with E-state index in [1.165, 1.54) is 0 Å². The average Bonchev–Trinajstić information content (AvgIpc) is 2.50. The lowest BCUT2D eigenvalue weighted by Crippen LogP contribution is -1.78. The van der Waals surface area contributed by atoms with Crippen molar-refractivity contribution >= 4 is 11.8 Å². The van der Waals surface area contributed by atoms with Crippen LogP contribution in [0.4, 0.5) is 5.69 Å². The standard InChI is InChI=1S/C9H7N2/c10-11-9-6-2-4-7-3-1-5-8(7)9/h1-6,10H. The minimum atomic E-state index is 0.743. The predicted octanol–water partition coefficient (Wildman–Crippen LogP) is 2.93. The van der Waals surface area contributed by atoms with Gasteiger partial charge in [-0.05, 0) is 11.6 Å². The van der Waals surface area contributed by atoms with E-state index in [-0.39, 0.29) is 0 Å². The molecule has 1 aromatic carbocycles. The van der Waals surface area contributed by atoms with Gasteiger partial charge in [-0.25, -0.2) is 5.53 Å². The third kappa shape index (κ3) is 0.871. The summed E-state index contributed by atoms with van der Waals surface area (Å²) in [5.74, 6) is 0. The second-order valence-electron chi connectivity index (χ2n) is 2.42. The SMILES string of the molecule is N=Nc1cccc2c1C=C[CH]2. The first-order chi connectivity index (χ1) is 5.42. The first kappa shape index (κ1) is 6.28. The molecule has 0 heterocycles. The average molecular weight is 143 g/mol. The van der Waals surface area contributed by atoms with E-state index in [1.54, 1.807) is 0 Å². The Morgan fingerprint density at radius 2 is 2.18 bits per heavy atom. The molecule has 0 saturated heterocycles. The summed E-state index contributed by atoms with van der Waals surface area (Å²) in [6.45, 7) is 0. The zero-order valence-electron chi connectivity index (χ0n) is 5.91. The number of nitrogens with one attached hydrogen (secondary N) is 1. The number of rotatable bonds is 1. The molecule has 0 amide bonds. The van der Waals surface area contributed by atoms with E-state index in [2.05, 4.69) is 5.11 Å². The quantitative estimate of drug-likeness (QED) is 0.587. The molecule has 2 rings (SSSR count). The van der Waals surface area contributed by atoms with Crippen molar-refractivity contribution in [3.63, 3.8) is 0 Å². The van der Waals surface area contributed by atoms with Gasteiger partial charge >= 0.3 is 0 Å². The van der Waals surface area contributed by atoms with Gasteiger partial charge in [-0.1, -0.05) is 24.3 Å². The van der Waals surface area contributed by atoms with E-state index in [1.807, 2.05) is 36.8 Å². The summed E-state index contributed by atoms with van der Waals surface area (Å²) in [5.41, 5.74) is 9.84. The third-order valence-electron chi connectivity index (χ3n) is 1.78. The van der Waals surface area contributed by atoms with Crippen molar-refractivity contribution in [3.05, 3.63) is 41.8 Å². The summed E-state index contributed by atoms with van der Waals surface area (Å²) < 4.78 is 0. The van der Waals surface area contributed by atoms with Crippen molar-refractivity contribution in [1.82, 2.24) is 0 Å². The van der Waals surface area contributed by atoms with Crippen LogP contribution in [0.1, 0.15) is 11.1 Å². The fourth-order valence-corrected chi connectivity index (χ4v) is 1.24. The summed E-state index contributed by atoms with van der Waals surface area (Å²) in [5, 5.41) is 3.42. The molecular weight excluding hydrogens is 136 g/mol. The summed E-state index contributed by atoms with van der Waals surface area (Å²) in [6.07, 6.45) is 5.96. The van der Waals surface area contributed by atoms with Crippen LogP contribution < -0.4 is 0 Å². The highest BCUT2D eigenvalue weighted by molar-refractivity contribution is 5.74. The normalized spacial score (nSPS) is 13.1. The minimum Gasteiger partial charge on any atom is -0.204 e. The number of hydrogen-bond donors (Lipinski definition) is 1. The monoisotopic (exact) mass is 143 g/mol. The summed E-state index contributed by atoms with van der Waals surface area (Å²) in [6, 6.07) is 5.77. The van der Waals surface area contributed by atoms with E-state index in [4.69, 9.17) is 5.53 Å². The first-order valence-corrected chi connectivity index (χ1v) is 3.44. The zero-order chi connectivity index (χ0) is 7.68. The molecule has 1 aliphatic carbocycles. The van der Waals surface area contributed by atoms with Gasteiger partial charge < -0.3 is 0 Å². The number of hydrogen-bond acceptors (Lipinski definition) is 2. The lowest BCUT2D eigenvalue weighted by molar-refractivity contribution is 1.14. The minimum absolute atomic E-state index is 0.743. The van der Waals surface area contributed by atoms with Crippen LogP contribution in [0.25, 0.3) is 6.08 Å². The van der Waals surface area contributed by atoms with Crippen molar-refractivity contribution in [2.24, 2.45) is 5.11 Å². The van der Waals surface area contributed by atoms with Gasteiger partial charge in [0.2, 0.25) is 0 Å². The van der Waals surface area contributed by atoms with Crippen molar-refractivity contribution < 1.29 is 0 Å². The third-order valence-corrected chi connectivity index (χ3v) is 1.78. The van der Waals surface area contributed by atoms with Gasteiger partial charge in [-0.2, -0.15) is 5.11 Å². The number of fused-ring (bicyclic) bond motifs is 1. The molecule has 2 nitrogen and oxygen atoms in total. The molecule has 53 valence electrons. The van der Waals surface area contributed by atoms with Gasteiger partial charge in [-0.3, -0.25) is 0 Å². The molecular formula is C9H7N2. The van der Waals surface area contributed by atoms with Gasteiger partial charge in [0.25, 0.3) is 0 Å². The molecule has 0 bridgehead atoms. The highest BCUT2D eigenvalue weighted by Crippen LogP contribution is 2.29. The second kappa shape index (κ2) is 2.31. The number of allylic oxidation sites excluding steroid dienone is 1. The number of nitrogens with zero attached hydrogens (tertiary/aromatic N) is 1. The smallest absolute Gasteiger partial charge is 0.0925 e. The largest absolute Gasteiger partial charge is 0.204 e. The highest BCUT2D eigenvalue weighted by Gasteiger charge is 2.07. The highest BCUT2D eigenvalue weighted by atomic mass is 15.0. The first-order valence-electron chi connectivity index (χ1n) is 3.44. The van der Waals surface area contributed by atoms with Crippen LogP contribution in [0.3, 0.4) is 0 Å². The summed E-state index contributed by atoms with van der Waals surface area (Å²) >= 11 is 0. The van der Waals surface area contributed by atoms with Crippen molar-refractivity contribution in [2.45, 2.75) is 0 Å². The Labute approximate surface area is 65.1 Å². The molecule has 1 radical (unpaired) electrons. The summed E-state index contributed by atoms with van der Waals surface area (Å²) in [7, 11) is 0. The van der Waals surface area contributed by atoms with Crippen LogP contribution in [0.5, 0.6) is 0 Å². The van der Waals surface area contributed by atoms with Crippen LogP contribution in [-0.2, 0) is 0 Å². The molecule has 0 atom stereocenters. The maximum Gasteiger partial charge on any atom is 0.0925 e. The fraction of sp³-hybridized carbons (Fsp3) is 0. The van der Waals surface area contributed by atoms with Crippen LogP contribution in [0.15, 0.2) is 29.4 Å². The zero-order valence-corrected chi connectivity index (χ0v) is 5.91. The van der Waals surface area contributed by atoms with E-state index in [0.717, 1.165) is 16.8 Å². The molecule has 0 aromatic heterocycles. The van der Waals surface area contributed by atoms with E-state index < -0.39 is 0 Å². The fourth-order valence-electron chi connectivity index (χ4n) is 1.24. The Morgan fingerprint density at radius 1 is 1.27 bits per heavy atom.